The van der Waals surface area contributed by atoms with E-state index in [0.29, 0.717) is 17.5 Å². The molecule has 1 aliphatic carbocycles. The number of nitrogens with zero attached hydrogens (tertiary/aromatic N) is 4. The molecular formula is C60H40N4O. The van der Waals surface area contributed by atoms with Gasteiger partial charge in [-0.2, -0.15) is 0 Å². The summed E-state index contributed by atoms with van der Waals surface area (Å²) in [6.07, 6.45) is 0. The summed E-state index contributed by atoms with van der Waals surface area (Å²) in [6, 6.07) is 73.1. The Morgan fingerprint density at radius 3 is 1.72 bits per heavy atom. The average molecular weight is 833 g/mol. The fourth-order valence-electron chi connectivity index (χ4n) is 10.3. The molecule has 65 heavy (non-hydrogen) atoms. The van der Waals surface area contributed by atoms with Crippen molar-refractivity contribution in [3.8, 4) is 73.2 Å². The predicted octanol–water partition coefficient (Wildman–Crippen LogP) is 15.5. The van der Waals surface area contributed by atoms with Crippen molar-refractivity contribution in [3.63, 3.8) is 0 Å². The van der Waals surface area contributed by atoms with Crippen molar-refractivity contribution in [2.75, 3.05) is 0 Å². The lowest BCUT2D eigenvalue weighted by molar-refractivity contribution is 0.661. The van der Waals surface area contributed by atoms with Crippen molar-refractivity contribution in [1.82, 2.24) is 19.5 Å². The minimum absolute atomic E-state index is 0.153. The summed E-state index contributed by atoms with van der Waals surface area (Å²) in [7, 11) is 0. The average Bonchev–Trinajstić information content (AvgIpc) is 3.99. The second-order valence-corrected chi connectivity index (χ2v) is 17.6. The van der Waals surface area contributed by atoms with Gasteiger partial charge in [-0.15, -0.1) is 0 Å². The maximum atomic E-state index is 6.41. The van der Waals surface area contributed by atoms with Crippen molar-refractivity contribution >= 4 is 43.7 Å². The summed E-state index contributed by atoms with van der Waals surface area (Å²) in [4.78, 5) is 15.6. The number of aromatic nitrogens is 4. The highest BCUT2D eigenvalue weighted by Gasteiger charge is 2.36. The smallest absolute Gasteiger partial charge is 0.164 e. The Hall–Kier alpha value is -8.41. The summed E-state index contributed by atoms with van der Waals surface area (Å²) in [5.74, 6) is 1.82. The maximum absolute atomic E-state index is 6.41. The quantitative estimate of drug-likeness (QED) is 0.167. The van der Waals surface area contributed by atoms with Gasteiger partial charge in [0.25, 0.3) is 0 Å². The Morgan fingerprint density at radius 2 is 0.938 bits per heavy atom. The number of hydrogen-bond donors (Lipinski definition) is 0. The van der Waals surface area contributed by atoms with E-state index in [4.69, 9.17) is 19.4 Å². The molecular weight excluding hydrogens is 793 g/mol. The third kappa shape index (κ3) is 5.82. The van der Waals surface area contributed by atoms with Crippen LogP contribution in [0.1, 0.15) is 25.0 Å². The minimum Gasteiger partial charge on any atom is -0.455 e. The van der Waals surface area contributed by atoms with Gasteiger partial charge in [0, 0.05) is 54.8 Å². The van der Waals surface area contributed by atoms with Crippen molar-refractivity contribution in [2.45, 2.75) is 19.3 Å². The second kappa shape index (κ2) is 14.3. The zero-order valence-electron chi connectivity index (χ0n) is 35.8. The van der Waals surface area contributed by atoms with Crippen LogP contribution in [0.3, 0.4) is 0 Å². The topological polar surface area (TPSA) is 56.7 Å². The fraction of sp³-hybridized carbons (Fsp3) is 0.0500. The van der Waals surface area contributed by atoms with Crippen LogP contribution in [-0.4, -0.2) is 19.5 Å². The molecule has 0 amide bonds. The Kier molecular flexibility index (Phi) is 8.18. The van der Waals surface area contributed by atoms with E-state index in [1.54, 1.807) is 0 Å². The highest BCUT2D eigenvalue weighted by atomic mass is 16.3. The molecule has 5 nitrogen and oxygen atoms in total. The van der Waals surface area contributed by atoms with Gasteiger partial charge in [-0.3, -0.25) is 0 Å². The molecule has 0 N–H and O–H groups in total. The molecule has 0 aliphatic heterocycles. The molecule has 1 aliphatic rings. The molecule has 0 radical (unpaired) electrons. The first kappa shape index (κ1) is 37.2. The van der Waals surface area contributed by atoms with Crippen LogP contribution in [0.5, 0.6) is 0 Å². The van der Waals surface area contributed by atoms with E-state index in [9.17, 15) is 0 Å². The van der Waals surface area contributed by atoms with Crippen LogP contribution in [0.25, 0.3) is 117 Å². The maximum Gasteiger partial charge on any atom is 0.164 e. The summed E-state index contributed by atoms with van der Waals surface area (Å²) in [6.45, 7) is 4.70. The minimum atomic E-state index is -0.153. The van der Waals surface area contributed by atoms with Gasteiger partial charge < -0.3 is 8.98 Å². The molecule has 0 saturated heterocycles. The molecule has 12 aromatic rings. The van der Waals surface area contributed by atoms with Gasteiger partial charge >= 0.3 is 0 Å². The van der Waals surface area contributed by atoms with Crippen LogP contribution in [0.2, 0.25) is 0 Å². The molecule has 5 heteroatoms. The van der Waals surface area contributed by atoms with Crippen molar-refractivity contribution in [1.29, 1.82) is 0 Å². The first-order chi connectivity index (χ1) is 32.0. The fourth-order valence-corrected chi connectivity index (χ4v) is 10.3. The Morgan fingerprint density at radius 1 is 0.369 bits per heavy atom. The van der Waals surface area contributed by atoms with Gasteiger partial charge in [-0.05, 0) is 63.7 Å². The lowest BCUT2D eigenvalue weighted by Gasteiger charge is -2.22. The van der Waals surface area contributed by atoms with E-state index in [1.807, 2.05) is 30.3 Å². The van der Waals surface area contributed by atoms with E-state index >= 15 is 0 Å². The van der Waals surface area contributed by atoms with Crippen molar-refractivity contribution in [2.24, 2.45) is 0 Å². The molecule has 0 fully saturated rings. The second-order valence-electron chi connectivity index (χ2n) is 17.6. The zero-order chi connectivity index (χ0) is 43.2. The third-order valence-electron chi connectivity index (χ3n) is 13.5. The molecule has 9 aromatic carbocycles. The van der Waals surface area contributed by atoms with Gasteiger partial charge in [0.05, 0.1) is 16.7 Å². The Balaban J connectivity index is 1.00. The Bertz CT molecular complexity index is 3840. The van der Waals surface area contributed by atoms with Crippen LogP contribution in [0, 0.1) is 0 Å². The van der Waals surface area contributed by atoms with Crippen LogP contribution in [0.4, 0.5) is 0 Å². The first-order valence-electron chi connectivity index (χ1n) is 22.2. The number of para-hydroxylation sites is 3. The first-order valence-corrected chi connectivity index (χ1v) is 22.2. The van der Waals surface area contributed by atoms with E-state index in [-0.39, 0.29) is 5.41 Å². The van der Waals surface area contributed by atoms with Crippen LogP contribution in [-0.2, 0) is 5.41 Å². The van der Waals surface area contributed by atoms with E-state index in [0.717, 1.165) is 72.1 Å². The summed E-state index contributed by atoms with van der Waals surface area (Å²) in [5.41, 5.74) is 17.4. The number of furan rings is 1. The van der Waals surface area contributed by atoms with Gasteiger partial charge in [-0.1, -0.05) is 190 Å². The molecule has 0 atom stereocenters. The van der Waals surface area contributed by atoms with Crippen LogP contribution in [0.15, 0.2) is 211 Å². The van der Waals surface area contributed by atoms with Gasteiger partial charge in [0.15, 0.2) is 17.5 Å². The van der Waals surface area contributed by atoms with Gasteiger partial charge in [0.2, 0.25) is 0 Å². The highest BCUT2D eigenvalue weighted by Crippen LogP contribution is 2.51. The predicted molar refractivity (Wildman–Crippen MR) is 266 cm³/mol. The molecule has 3 aromatic heterocycles. The number of fused-ring (bicyclic) bond motifs is 9. The molecule has 0 bridgehead atoms. The molecule has 306 valence electrons. The van der Waals surface area contributed by atoms with Gasteiger partial charge in [-0.25, -0.2) is 15.0 Å². The molecule has 0 unspecified atom stereocenters. The van der Waals surface area contributed by atoms with Crippen LogP contribution >= 0.6 is 0 Å². The largest absolute Gasteiger partial charge is 0.455 e. The van der Waals surface area contributed by atoms with Crippen molar-refractivity contribution in [3.05, 3.63) is 217 Å². The molecule has 13 rings (SSSR count). The highest BCUT2D eigenvalue weighted by molar-refractivity contribution is 6.12. The zero-order valence-corrected chi connectivity index (χ0v) is 35.8. The van der Waals surface area contributed by atoms with E-state index in [1.165, 1.54) is 38.5 Å². The number of hydrogen-bond acceptors (Lipinski definition) is 4. The summed E-state index contributed by atoms with van der Waals surface area (Å²) in [5, 5.41) is 4.66. The lowest BCUT2D eigenvalue weighted by atomic mass is 9.82. The van der Waals surface area contributed by atoms with E-state index < -0.39 is 0 Å². The Labute approximate surface area is 376 Å². The lowest BCUT2D eigenvalue weighted by Crippen LogP contribution is -2.15. The SMILES string of the molecule is CC1(C)c2ccccc2-c2cc3c4ccccc4n(-c4cc(-c5nc(-c6ccccc6)nc(-c6ccc(-c7cccc8c7oc7ccccc78)cc6)n5)ccc4-c4ccccc4)c3cc21. The standard InChI is InChI=1S/C60H40N4O/c1-60(2)50-25-12-9-20-44(50)48-35-49-45-21-10-13-26-52(45)64(54(49)36-51(48)60)53-34-41(32-33-42(53)37-16-5-3-6-17-37)59-62-57(39-18-7-4-8-19-39)61-58(63-59)40-30-28-38(29-31-40)43-23-15-24-47-46-22-11-14-27-55(46)65-56(43)47/h3-36H,1-2H3. The number of rotatable bonds is 6. The third-order valence-corrected chi connectivity index (χ3v) is 13.5. The molecule has 0 saturated carbocycles. The molecule has 0 spiro atoms. The summed E-state index contributed by atoms with van der Waals surface area (Å²) >= 11 is 0. The van der Waals surface area contributed by atoms with E-state index in [2.05, 4.69) is 194 Å². The number of benzene rings is 9. The van der Waals surface area contributed by atoms with Crippen LogP contribution < -0.4 is 0 Å². The monoisotopic (exact) mass is 832 g/mol. The normalized spacial score (nSPS) is 12.9. The molecule has 3 heterocycles. The summed E-state index contributed by atoms with van der Waals surface area (Å²) < 4.78 is 8.87. The van der Waals surface area contributed by atoms with Gasteiger partial charge in [0.1, 0.15) is 11.2 Å². The van der Waals surface area contributed by atoms with Crippen molar-refractivity contribution < 1.29 is 4.42 Å².